The van der Waals surface area contributed by atoms with Crippen molar-refractivity contribution in [2.24, 2.45) is 4.99 Å². The van der Waals surface area contributed by atoms with Gasteiger partial charge in [0.15, 0.2) is 17.5 Å². The van der Waals surface area contributed by atoms with E-state index in [4.69, 9.17) is 9.47 Å². The van der Waals surface area contributed by atoms with Crippen molar-refractivity contribution in [2.45, 2.75) is 32.9 Å². The van der Waals surface area contributed by atoms with Gasteiger partial charge in [-0.05, 0) is 44.0 Å². The van der Waals surface area contributed by atoms with E-state index in [1.165, 1.54) is 0 Å². The molecule has 1 atom stereocenters. The van der Waals surface area contributed by atoms with Crippen LogP contribution < -0.4 is 20.1 Å². The number of nitrogens with zero attached hydrogens (tertiary/aromatic N) is 1. The Kier molecular flexibility index (Phi) is 8.14. The first-order valence-corrected chi connectivity index (χ1v) is 9.60. The summed E-state index contributed by atoms with van der Waals surface area (Å²) in [7, 11) is 1.63. The summed E-state index contributed by atoms with van der Waals surface area (Å²) in [6.45, 7) is 7.86. The second-order valence-corrected chi connectivity index (χ2v) is 6.61. The van der Waals surface area contributed by atoms with Crippen molar-refractivity contribution in [2.75, 3.05) is 26.8 Å². The van der Waals surface area contributed by atoms with Gasteiger partial charge in [-0.2, -0.15) is 0 Å². The zero-order chi connectivity index (χ0) is 20.4. The molecule has 0 spiro atoms. The third-order valence-electron chi connectivity index (χ3n) is 4.29. The maximum absolute atomic E-state index is 10.8. The first kappa shape index (κ1) is 21.6. The lowest BCUT2D eigenvalue weighted by Gasteiger charge is -2.25. The predicted octanol–water partition coefficient (Wildman–Crippen LogP) is 3.06. The normalized spacial score (nSPS) is 13.5. The molecule has 2 rings (SSSR count). The smallest absolute Gasteiger partial charge is 0.191 e. The minimum atomic E-state index is -1.00. The fraction of sp³-hybridized carbons (Fsp3) is 0.409. The van der Waals surface area contributed by atoms with E-state index in [0.29, 0.717) is 37.2 Å². The summed E-state index contributed by atoms with van der Waals surface area (Å²) in [5.74, 6) is 2.06. The molecule has 0 saturated carbocycles. The van der Waals surface area contributed by atoms with Crippen molar-refractivity contribution >= 4 is 5.96 Å². The minimum absolute atomic E-state index is 0.343. The monoisotopic (exact) mass is 385 g/mol. The van der Waals surface area contributed by atoms with Crippen LogP contribution in [0.2, 0.25) is 0 Å². The Morgan fingerprint density at radius 3 is 2.46 bits per heavy atom. The molecule has 0 saturated heterocycles. The summed E-state index contributed by atoms with van der Waals surface area (Å²) in [4.78, 5) is 4.62. The molecule has 0 fully saturated rings. The standard InChI is InChI=1S/C22H31N3O3/c1-5-23-21(25-16-22(3,26)18-10-8-7-9-11-18)24-15-17-12-13-19(27-4)20(14-17)28-6-2/h7-14,26H,5-6,15-16H2,1-4H3,(H2,23,24,25). The molecule has 2 aromatic rings. The van der Waals surface area contributed by atoms with E-state index >= 15 is 0 Å². The van der Waals surface area contributed by atoms with Crippen LogP contribution in [0.15, 0.2) is 53.5 Å². The number of benzene rings is 2. The SMILES string of the molecule is CCNC(=NCc1ccc(OC)c(OCC)c1)NCC(C)(O)c1ccccc1. The first-order valence-electron chi connectivity index (χ1n) is 9.60. The molecule has 3 N–H and O–H groups in total. The molecule has 0 bridgehead atoms. The van der Waals surface area contributed by atoms with Crippen molar-refractivity contribution in [3.8, 4) is 11.5 Å². The number of ether oxygens (including phenoxy) is 2. The Morgan fingerprint density at radius 2 is 1.82 bits per heavy atom. The van der Waals surface area contributed by atoms with E-state index in [-0.39, 0.29) is 0 Å². The van der Waals surface area contributed by atoms with Crippen molar-refractivity contribution < 1.29 is 14.6 Å². The van der Waals surface area contributed by atoms with Crippen molar-refractivity contribution in [3.05, 3.63) is 59.7 Å². The molecule has 0 aromatic heterocycles. The summed E-state index contributed by atoms with van der Waals surface area (Å²) in [5, 5.41) is 17.2. The van der Waals surface area contributed by atoms with Crippen LogP contribution in [-0.2, 0) is 12.1 Å². The Labute approximate surface area is 167 Å². The second kappa shape index (κ2) is 10.6. The van der Waals surface area contributed by atoms with E-state index in [1.807, 2.05) is 62.4 Å². The molecule has 0 radical (unpaired) electrons. The van der Waals surface area contributed by atoms with E-state index in [1.54, 1.807) is 14.0 Å². The van der Waals surface area contributed by atoms with Gasteiger partial charge in [-0.3, -0.25) is 0 Å². The van der Waals surface area contributed by atoms with Crippen LogP contribution in [0, 0.1) is 0 Å². The number of nitrogens with one attached hydrogen (secondary N) is 2. The van der Waals surface area contributed by atoms with E-state index in [9.17, 15) is 5.11 Å². The van der Waals surface area contributed by atoms with Crippen LogP contribution in [0.1, 0.15) is 31.9 Å². The van der Waals surface area contributed by atoms with Gasteiger partial charge >= 0.3 is 0 Å². The lowest BCUT2D eigenvalue weighted by molar-refractivity contribution is 0.0617. The van der Waals surface area contributed by atoms with Crippen molar-refractivity contribution in [3.63, 3.8) is 0 Å². The summed E-state index contributed by atoms with van der Waals surface area (Å²) < 4.78 is 10.9. The molecule has 152 valence electrons. The number of aliphatic hydroxyl groups is 1. The fourth-order valence-electron chi connectivity index (χ4n) is 2.75. The molecule has 2 aromatic carbocycles. The number of methoxy groups -OCH3 is 1. The van der Waals surface area contributed by atoms with Gasteiger partial charge in [0.2, 0.25) is 0 Å². The van der Waals surface area contributed by atoms with Crippen LogP contribution in [0.3, 0.4) is 0 Å². The Morgan fingerprint density at radius 1 is 1.07 bits per heavy atom. The molecule has 0 aliphatic heterocycles. The highest BCUT2D eigenvalue weighted by Gasteiger charge is 2.22. The molecule has 6 nitrogen and oxygen atoms in total. The maximum atomic E-state index is 10.8. The average molecular weight is 386 g/mol. The molecule has 6 heteroatoms. The summed E-state index contributed by atoms with van der Waals surface area (Å²) in [6.07, 6.45) is 0. The largest absolute Gasteiger partial charge is 0.493 e. The third kappa shape index (κ3) is 6.16. The van der Waals surface area contributed by atoms with Crippen LogP contribution in [0.5, 0.6) is 11.5 Å². The van der Waals surface area contributed by atoms with Crippen LogP contribution in [0.25, 0.3) is 0 Å². The van der Waals surface area contributed by atoms with Gasteiger partial charge in [-0.25, -0.2) is 4.99 Å². The molecule has 1 unspecified atom stereocenters. The number of rotatable bonds is 9. The lowest BCUT2D eigenvalue weighted by Crippen LogP contribution is -2.44. The quantitative estimate of drug-likeness (QED) is 0.457. The zero-order valence-corrected chi connectivity index (χ0v) is 17.2. The highest BCUT2D eigenvalue weighted by atomic mass is 16.5. The van der Waals surface area contributed by atoms with Crippen LogP contribution in [0.4, 0.5) is 0 Å². The van der Waals surface area contributed by atoms with E-state index in [2.05, 4.69) is 15.6 Å². The van der Waals surface area contributed by atoms with Crippen LogP contribution in [-0.4, -0.2) is 37.9 Å². The van der Waals surface area contributed by atoms with Gasteiger partial charge in [-0.1, -0.05) is 36.4 Å². The topological polar surface area (TPSA) is 75.1 Å². The van der Waals surface area contributed by atoms with Gasteiger partial charge in [0.05, 0.1) is 26.8 Å². The minimum Gasteiger partial charge on any atom is -0.493 e. The van der Waals surface area contributed by atoms with Crippen molar-refractivity contribution in [1.82, 2.24) is 10.6 Å². The lowest BCUT2D eigenvalue weighted by atomic mass is 9.96. The highest BCUT2D eigenvalue weighted by Crippen LogP contribution is 2.28. The average Bonchev–Trinajstić information content (AvgIpc) is 2.71. The number of aliphatic imine (C=N–C) groups is 1. The molecule has 0 aliphatic rings. The molecule has 28 heavy (non-hydrogen) atoms. The Hall–Kier alpha value is -2.73. The molecule has 0 heterocycles. The third-order valence-corrected chi connectivity index (χ3v) is 4.29. The van der Waals surface area contributed by atoms with E-state index in [0.717, 1.165) is 17.7 Å². The fourth-order valence-corrected chi connectivity index (χ4v) is 2.75. The Balaban J connectivity index is 2.07. The number of hydrogen-bond donors (Lipinski definition) is 3. The van der Waals surface area contributed by atoms with Gasteiger partial charge in [-0.15, -0.1) is 0 Å². The van der Waals surface area contributed by atoms with Gasteiger partial charge in [0, 0.05) is 6.54 Å². The molecule has 0 amide bonds. The number of hydrogen-bond acceptors (Lipinski definition) is 4. The molecule has 0 aliphatic carbocycles. The first-order chi connectivity index (χ1) is 13.5. The maximum Gasteiger partial charge on any atom is 0.191 e. The highest BCUT2D eigenvalue weighted by molar-refractivity contribution is 5.79. The summed E-state index contributed by atoms with van der Waals surface area (Å²) in [6, 6.07) is 15.4. The van der Waals surface area contributed by atoms with Gasteiger partial charge in [0.25, 0.3) is 0 Å². The van der Waals surface area contributed by atoms with Crippen molar-refractivity contribution in [1.29, 1.82) is 0 Å². The molecular formula is C22H31N3O3. The predicted molar refractivity (Wildman–Crippen MR) is 113 cm³/mol. The number of guanidine groups is 1. The van der Waals surface area contributed by atoms with Gasteiger partial charge in [0.1, 0.15) is 5.60 Å². The van der Waals surface area contributed by atoms with E-state index < -0.39 is 5.60 Å². The van der Waals surface area contributed by atoms with Gasteiger partial charge < -0.3 is 25.2 Å². The summed E-state index contributed by atoms with van der Waals surface area (Å²) in [5.41, 5.74) is 0.866. The van der Waals surface area contributed by atoms with Crippen LogP contribution >= 0.6 is 0 Å². The Bertz CT molecular complexity index is 761. The molecular weight excluding hydrogens is 354 g/mol. The summed E-state index contributed by atoms with van der Waals surface area (Å²) >= 11 is 0. The zero-order valence-electron chi connectivity index (χ0n) is 17.2. The second-order valence-electron chi connectivity index (χ2n) is 6.61.